The van der Waals surface area contributed by atoms with Crippen molar-refractivity contribution in [1.29, 1.82) is 0 Å². The number of fused-ring (bicyclic) bond motifs is 1. The summed E-state index contributed by atoms with van der Waals surface area (Å²) in [6.45, 7) is 5.09. The summed E-state index contributed by atoms with van der Waals surface area (Å²) >= 11 is 0. The summed E-state index contributed by atoms with van der Waals surface area (Å²) in [6, 6.07) is 14.2. The highest BCUT2D eigenvalue weighted by Gasteiger charge is 2.28. The van der Waals surface area contributed by atoms with Gasteiger partial charge in [0.1, 0.15) is 5.58 Å². The molecule has 1 aliphatic heterocycles. The molecule has 0 spiro atoms. The smallest absolute Gasteiger partial charge is 0.287 e. The SMILES string of the molecule is Cc1c(C(=O)N[C@@H](C)c2ccccc2)oc2ccc(S(=O)(=O)N3CCOCC3)cc12. The summed E-state index contributed by atoms with van der Waals surface area (Å²) in [5, 5.41) is 3.55. The molecule has 1 aromatic heterocycles. The Bertz CT molecular complexity index is 1160. The summed E-state index contributed by atoms with van der Waals surface area (Å²) in [6.07, 6.45) is 0. The minimum atomic E-state index is -3.63. The van der Waals surface area contributed by atoms with Crippen LogP contribution >= 0.6 is 0 Å². The lowest BCUT2D eigenvalue weighted by Crippen LogP contribution is -2.40. The van der Waals surface area contributed by atoms with Gasteiger partial charge in [0.2, 0.25) is 10.0 Å². The zero-order valence-electron chi connectivity index (χ0n) is 16.9. The second-order valence-corrected chi connectivity index (χ2v) is 9.27. The molecule has 1 fully saturated rings. The highest BCUT2D eigenvalue weighted by molar-refractivity contribution is 7.89. The van der Waals surface area contributed by atoms with Crippen molar-refractivity contribution in [3.05, 3.63) is 65.4 Å². The molecule has 7 nitrogen and oxygen atoms in total. The van der Waals surface area contributed by atoms with Crippen LogP contribution in [0.2, 0.25) is 0 Å². The largest absolute Gasteiger partial charge is 0.451 e. The van der Waals surface area contributed by atoms with Crippen LogP contribution in [0, 0.1) is 6.92 Å². The fraction of sp³-hybridized carbons (Fsp3) is 0.318. The van der Waals surface area contributed by atoms with E-state index < -0.39 is 10.0 Å². The van der Waals surface area contributed by atoms with E-state index in [4.69, 9.17) is 9.15 Å². The summed E-state index contributed by atoms with van der Waals surface area (Å²) in [5.41, 5.74) is 2.08. The molecule has 0 bridgehead atoms. The minimum absolute atomic E-state index is 0.186. The van der Waals surface area contributed by atoms with Crippen molar-refractivity contribution >= 4 is 26.9 Å². The van der Waals surface area contributed by atoms with E-state index in [0.717, 1.165) is 5.56 Å². The van der Waals surface area contributed by atoms with E-state index in [1.165, 1.54) is 10.4 Å². The normalized spacial score (nSPS) is 16.5. The maximum absolute atomic E-state index is 12.9. The van der Waals surface area contributed by atoms with Crippen LogP contribution in [-0.4, -0.2) is 44.9 Å². The molecule has 3 aromatic rings. The number of furan rings is 1. The second kappa shape index (κ2) is 8.22. The molecule has 2 heterocycles. The van der Waals surface area contributed by atoms with E-state index in [0.29, 0.717) is 42.8 Å². The zero-order chi connectivity index (χ0) is 21.3. The molecule has 0 saturated carbocycles. The molecule has 1 aliphatic rings. The predicted molar refractivity (Wildman–Crippen MR) is 113 cm³/mol. The van der Waals surface area contributed by atoms with E-state index in [1.807, 2.05) is 37.3 Å². The minimum Gasteiger partial charge on any atom is -0.451 e. The number of sulfonamides is 1. The van der Waals surface area contributed by atoms with Gasteiger partial charge in [-0.2, -0.15) is 4.31 Å². The topological polar surface area (TPSA) is 88.8 Å². The van der Waals surface area contributed by atoms with Gasteiger partial charge in [0.15, 0.2) is 5.76 Å². The average Bonchev–Trinajstić information content (AvgIpc) is 3.11. The van der Waals surface area contributed by atoms with Gasteiger partial charge in [0.05, 0.1) is 24.2 Å². The molecule has 0 radical (unpaired) electrons. The number of aryl methyl sites for hydroxylation is 1. The monoisotopic (exact) mass is 428 g/mol. The van der Waals surface area contributed by atoms with Crippen molar-refractivity contribution in [2.45, 2.75) is 24.8 Å². The first-order valence-corrected chi connectivity index (χ1v) is 11.3. The van der Waals surface area contributed by atoms with Crippen molar-refractivity contribution in [2.75, 3.05) is 26.3 Å². The van der Waals surface area contributed by atoms with Gasteiger partial charge < -0.3 is 14.5 Å². The Hall–Kier alpha value is -2.68. The number of nitrogens with zero attached hydrogens (tertiary/aromatic N) is 1. The number of benzene rings is 2. The van der Waals surface area contributed by atoms with Crippen LogP contribution in [0.4, 0.5) is 0 Å². The summed E-state index contributed by atoms with van der Waals surface area (Å²) in [5.74, 6) is -0.147. The molecule has 30 heavy (non-hydrogen) atoms. The molecule has 1 saturated heterocycles. The van der Waals surface area contributed by atoms with E-state index in [9.17, 15) is 13.2 Å². The Kier molecular flexibility index (Phi) is 5.64. The van der Waals surface area contributed by atoms with Crippen LogP contribution in [0.5, 0.6) is 0 Å². The molecule has 8 heteroatoms. The Morgan fingerprint density at radius 1 is 1.10 bits per heavy atom. The Morgan fingerprint density at radius 3 is 2.50 bits per heavy atom. The first-order chi connectivity index (χ1) is 14.4. The first kappa shape index (κ1) is 20.6. The van der Waals surface area contributed by atoms with Gasteiger partial charge in [0, 0.05) is 24.0 Å². The van der Waals surface area contributed by atoms with Gasteiger partial charge in [-0.05, 0) is 37.6 Å². The fourth-order valence-electron chi connectivity index (χ4n) is 3.60. The molecule has 4 rings (SSSR count). The summed E-state index contributed by atoms with van der Waals surface area (Å²) in [7, 11) is -3.63. The average molecular weight is 429 g/mol. The number of morpholine rings is 1. The number of hydrogen-bond donors (Lipinski definition) is 1. The van der Waals surface area contributed by atoms with Crippen LogP contribution in [-0.2, 0) is 14.8 Å². The molecule has 0 aliphatic carbocycles. The van der Waals surface area contributed by atoms with Crippen molar-refractivity contribution in [1.82, 2.24) is 9.62 Å². The number of amides is 1. The molecular weight excluding hydrogens is 404 g/mol. The van der Waals surface area contributed by atoms with Gasteiger partial charge >= 0.3 is 0 Å². The third-order valence-electron chi connectivity index (χ3n) is 5.37. The van der Waals surface area contributed by atoms with Gasteiger partial charge in [-0.15, -0.1) is 0 Å². The molecule has 0 unspecified atom stereocenters. The van der Waals surface area contributed by atoms with Gasteiger partial charge in [-0.3, -0.25) is 4.79 Å². The Morgan fingerprint density at radius 2 is 1.80 bits per heavy atom. The van der Waals surface area contributed by atoms with Crippen molar-refractivity contribution < 1.29 is 22.4 Å². The highest BCUT2D eigenvalue weighted by Crippen LogP contribution is 2.29. The molecule has 1 N–H and O–H groups in total. The standard InChI is InChI=1S/C22H24N2O5S/c1-15-19-14-18(30(26,27)24-10-12-28-13-11-24)8-9-20(19)29-21(15)22(25)23-16(2)17-6-4-3-5-7-17/h3-9,14,16H,10-13H2,1-2H3,(H,23,25)/t16-/m0/s1. The van der Waals surface area contributed by atoms with Crippen molar-refractivity contribution in [2.24, 2.45) is 0 Å². The maximum Gasteiger partial charge on any atom is 0.287 e. The van der Waals surface area contributed by atoms with Gasteiger partial charge in [0.25, 0.3) is 5.91 Å². The number of hydrogen-bond acceptors (Lipinski definition) is 5. The predicted octanol–water partition coefficient (Wildman–Crippen LogP) is 3.25. The van der Waals surface area contributed by atoms with Crippen LogP contribution in [0.3, 0.4) is 0 Å². The molecule has 1 atom stereocenters. The zero-order valence-corrected chi connectivity index (χ0v) is 17.7. The molecule has 1 amide bonds. The van der Waals surface area contributed by atoms with E-state index >= 15 is 0 Å². The quantitative estimate of drug-likeness (QED) is 0.674. The fourth-order valence-corrected chi connectivity index (χ4v) is 5.04. The Balaban J connectivity index is 1.62. The molecular formula is C22H24N2O5S. The summed E-state index contributed by atoms with van der Waals surface area (Å²) < 4.78 is 38.3. The van der Waals surface area contributed by atoms with E-state index in [-0.39, 0.29) is 22.6 Å². The van der Waals surface area contributed by atoms with Crippen LogP contribution in [0.25, 0.3) is 11.0 Å². The van der Waals surface area contributed by atoms with Crippen LogP contribution in [0.15, 0.2) is 57.8 Å². The molecule has 158 valence electrons. The Labute approximate surface area is 175 Å². The maximum atomic E-state index is 12.9. The van der Waals surface area contributed by atoms with Crippen LogP contribution < -0.4 is 5.32 Å². The lowest BCUT2D eigenvalue weighted by Gasteiger charge is -2.26. The number of ether oxygens (including phenoxy) is 1. The third kappa shape index (κ3) is 3.86. The number of carbonyl (C=O) groups excluding carboxylic acids is 1. The number of nitrogens with one attached hydrogen (secondary N) is 1. The highest BCUT2D eigenvalue weighted by atomic mass is 32.2. The first-order valence-electron chi connectivity index (χ1n) is 9.85. The second-order valence-electron chi connectivity index (χ2n) is 7.34. The lowest BCUT2D eigenvalue weighted by molar-refractivity contribution is 0.0730. The van der Waals surface area contributed by atoms with Gasteiger partial charge in [-0.1, -0.05) is 30.3 Å². The van der Waals surface area contributed by atoms with E-state index in [2.05, 4.69) is 5.32 Å². The van der Waals surface area contributed by atoms with Crippen molar-refractivity contribution in [3.63, 3.8) is 0 Å². The number of rotatable bonds is 5. The lowest BCUT2D eigenvalue weighted by atomic mass is 10.1. The van der Waals surface area contributed by atoms with Crippen LogP contribution in [0.1, 0.15) is 34.6 Å². The van der Waals surface area contributed by atoms with E-state index in [1.54, 1.807) is 19.1 Å². The van der Waals surface area contributed by atoms with Gasteiger partial charge in [-0.25, -0.2) is 8.42 Å². The third-order valence-corrected chi connectivity index (χ3v) is 7.26. The molecule has 2 aromatic carbocycles. The number of carbonyl (C=O) groups is 1. The summed E-state index contributed by atoms with van der Waals surface area (Å²) in [4.78, 5) is 13.0. The van der Waals surface area contributed by atoms with Crippen molar-refractivity contribution in [3.8, 4) is 0 Å².